The molecule has 1 heterocycles. The van der Waals surface area contributed by atoms with Gasteiger partial charge in [0.15, 0.2) is 0 Å². The number of sulfonamides is 1. The normalized spacial score (nSPS) is 13.8. The summed E-state index contributed by atoms with van der Waals surface area (Å²) < 4.78 is 38.2. The molecule has 16 heavy (non-hydrogen) atoms. The zero-order valence-corrected chi connectivity index (χ0v) is 9.75. The van der Waals surface area contributed by atoms with Crippen LogP contribution in [0.3, 0.4) is 0 Å². The minimum atomic E-state index is -3.74. The fourth-order valence-corrected chi connectivity index (χ4v) is 2.39. The van der Waals surface area contributed by atoms with Crippen LogP contribution in [0.2, 0.25) is 0 Å². The second kappa shape index (κ2) is 4.86. The molecule has 1 aromatic heterocycles. The van der Waals surface area contributed by atoms with Crippen LogP contribution in [0.1, 0.15) is 12.5 Å². The predicted octanol–water partition coefficient (Wildman–Crippen LogP) is 0.188. The fraction of sp³-hybridized carbons (Fsp3) is 0.444. The van der Waals surface area contributed by atoms with Gasteiger partial charge in [-0.1, -0.05) is 0 Å². The summed E-state index contributed by atoms with van der Waals surface area (Å²) in [5.41, 5.74) is 0.269. The molecule has 2 N–H and O–H groups in total. The van der Waals surface area contributed by atoms with Crippen molar-refractivity contribution in [2.75, 3.05) is 6.54 Å². The highest BCUT2D eigenvalue weighted by molar-refractivity contribution is 7.89. The monoisotopic (exact) mass is 248 g/mol. The second-order valence-corrected chi connectivity index (χ2v) is 5.21. The minimum absolute atomic E-state index is 0.0884. The number of aryl methyl sites for hydroxylation is 1. The summed E-state index contributed by atoms with van der Waals surface area (Å²) in [7, 11) is -3.74. The van der Waals surface area contributed by atoms with Gasteiger partial charge in [-0.3, -0.25) is 0 Å². The zero-order valence-electron chi connectivity index (χ0n) is 8.94. The number of nitrogens with one attached hydrogen (secondary N) is 1. The van der Waals surface area contributed by atoms with E-state index in [4.69, 9.17) is 5.11 Å². The highest BCUT2D eigenvalue weighted by Crippen LogP contribution is 2.13. The molecular formula is C9H13FN2O3S. The van der Waals surface area contributed by atoms with Crippen LogP contribution in [-0.2, 0) is 10.0 Å². The largest absolute Gasteiger partial charge is 0.392 e. The fourth-order valence-electron chi connectivity index (χ4n) is 1.10. The van der Waals surface area contributed by atoms with Gasteiger partial charge in [0.05, 0.1) is 12.3 Å². The molecule has 7 heteroatoms. The van der Waals surface area contributed by atoms with E-state index < -0.39 is 22.1 Å². The Morgan fingerprint density at radius 1 is 1.62 bits per heavy atom. The average Bonchev–Trinajstić information content (AvgIpc) is 2.14. The van der Waals surface area contributed by atoms with Gasteiger partial charge in [-0.25, -0.2) is 18.1 Å². The van der Waals surface area contributed by atoms with E-state index in [-0.39, 0.29) is 17.0 Å². The average molecular weight is 248 g/mol. The van der Waals surface area contributed by atoms with E-state index in [9.17, 15) is 12.8 Å². The molecule has 0 fully saturated rings. The number of hydrogen-bond acceptors (Lipinski definition) is 4. The van der Waals surface area contributed by atoms with Crippen LogP contribution in [0.4, 0.5) is 4.39 Å². The lowest BCUT2D eigenvalue weighted by atomic mass is 10.3. The first kappa shape index (κ1) is 13.0. The molecule has 0 radical (unpaired) electrons. The zero-order chi connectivity index (χ0) is 12.3. The lowest BCUT2D eigenvalue weighted by molar-refractivity contribution is 0.198. The summed E-state index contributed by atoms with van der Waals surface area (Å²) in [4.78, 5) is 3.20. The van der Waals surface area contributed by atoms with E-state index >= 15 is 0 Å². The Balaban J connectivity index is 2.99. The quantitative estimate of drug-likeness (QED) is 0.745. The maximum atomic E-state index is 12.7. The smallest absolute Gasteiger partial charge is 0.242 e. The highest BCUT2D eigenvalue weighted by atomic mass is 32.2. The summed E-state index contributed by atoms with van der Waals surface area (Å²) in [6.45, 7) is 2.83. The van der Waals surface area contributed by atoms with E-state index in [2.05, 4.69) is 9.71 Å². The molecule has 1 aromatic rings. The first-order valence-electron chi connectivity index (χ1n) is 4.63. The van der Waals surface area contributed by atoms with Crippen molar-refractivity contribution >= 4 is 10.0 Å². The summed E-state index contributed by atoms with van der Waals surface area (Å²) in [5, 5.41) is 8.97. The van der Waals surface area contributed by atoms with Gasteiger partial charge < -0.3 is 5.11 Å². The summed E-state index contributed by atoms with van der Waals surface area (Å²) in [6, 6.07) is 1.04. The number of hydrogen-bond donors (Lipinski definition) is 2. The number of pyridine rings is 1. The number of rotatable bonds is 4. The highest BCUT2D eigenvalue weighted by Gasteiger charge is 2.17. The third kappa shape index (κ3) is 3.22. The lowest BCUT2D eigenvalue weighted by Crippen LogP contribution is -2.31. The molecule has 1 rings (SSSR count). The first-order chi connectivity index (χ1) is 7.33. The Bertz CT molecular complexity index is 474. The first-order valence-corrected chi connectivity index (χ1v) is 6.11. The molecule has 0 aliphatic heterocycles. The van der Waals surface area contributed by atoms with Crippen LogP contribution < -0.4 is 4.72 Å². The van der Waals surface area contributed by atoms with E-state index in [0.29, 0.717) is 0 Å². The Labute approximate surface area is 93.4 Å². The van der Waals surface area contributed by atoms with Crippen molar-refractivity contribution in [3.63, 3.8) is 0 Å². The van der Waals surface area contributed by atoms with Gasteiger partial charge in [-0.15, -0.1) is 0 Å². The van der Waals surface area contributed by atoms with Crippen LogP contribution in [0.5, 0.6) is 0 Å². The molecule has 5 nitrogen and oxygen atoms in total. The number of nitrogens with zero attached hydrogens (tertiary/aromatic N) is 1. The standard InChI is InChI=1S/C9H13FN2O3S/c1-6-3-9(10)11-5-8(6)16(14,15)12-4-7(2)13/h3,5,7,12-13H,4H2,1-2H3/t7-/m0/s1. The van der Waals surface area contributed by atoms with Gasteiger partial charge in [0.1, 0.15) is 4.90 Å². The van der Waals surface area contributed by atoms with Crippen molar-refractivity contribution in [3.05, 3.63) is 23.8 Å². The molecule has 0 saturated heterocycles. The van der Waals surface area contributed by atoms with Gasteiger partial charge in [0.2, 0.25) is 16.0 Å². The molecule has 0 bridgehead atoms. The summed E-state index contributed by atoms with van der Waals surface area (Å²) >= 11 is 0. The van der Waals surface area contributed by atoms with Gasteiger partial charge in [-0.05, 0) is 25.5 Å². The van der Waals surface area contributed by atoms with E-state index in [1.165, 1.54) is 13.8 Å². The minimum Gasteiger partial charge on any atom is -0.392 e. The number of aromatic nitrogens is 1. The Hall–Kier alpha value is -1.05. The number of halogens is 1. The Morgan fingerprint density at radius 2 is 2.25 bits per heavy atom. The van der Waals surface area contributed by atoms with Gasteiger partial charge >= 0.3 is 0 Å². The predicted molar refractivity (Wildman–Crippen MR) is 55.8 cm³/mol. The van der Waals surface area contributed by atoms with Crippen molar-refractivity contribution in [2.24, 2.45) is 0 Å². The van der Waals surface area contributed by atoms with Crippen LogP contribution in [0.15, 0.2) is 17.2 Å². The molecule has 0 aliphatic carbocycles. The van der Waals surface area contributed by atoms with E-state index in [1.807, 2.05) is 0 Å². The van der Waals surface area contributed by atoms with Gasteiger partial charge in [-0.2, -0.15) is 4.39 Å². The van der Waals surface area contributed by atoms with Crippen molar-refractivity contribution in [1.29, 1.82) is 0 Å². The van der Waals surface area contributed by atoms with Crippen LogP contribution >= 0.6 is 0 Å². The third-order valence-corrected chi connectivity index (χ3v) is 3.44. The molecule has 0 aromatic carbocycles. The molecule has 0 unspecified atom stereocenters. The maximum Gasteiger partial charge on any atom is 0.242 e. The van der Waals surface area contributed by atoms with Crippen molar-refractivity contribution in [2.45, 2.75) is 24.8 Å². The topological polar surface area (TPSA) is 79.3 Å². The van der Waals surface area contributed by atoms with Gasteiger partial charge in [0.25, 0.3) is 0 Å². The Morgan fingerprint density at radius 3 is 2.75 bits per heavy atom. The van der Waals surface area contributed by atoms with Crippen molar-refractivity contribution in [1.82, 2.24) is 9.71 Å². The van der Waals surface area contributed by atoms with Crippen molar-refractivity contribution < 1.29 is 17.9 Å². The van der Waals surface area contributed by atoms with Crippen LogP contribution in [0.25, 0.3) is 0 Å². The summed E-state index contributed by atoms with van der Waals surface area (Å²) in [6.07, 6.45) is 0.165. The Kier molecular flexibility index (Phi) is 3.95. The molecule has 0 amide bonds. The molecule has 0 spiro atoms. The van der Waals surface area contributed by atoms with E-state index in [0.717, 1.165) is 12.3 Å². The van der Waals surface area contributed by atoms with Crippen molar-refractivity contribution in [3.8, 4) is 0 Å². The molecule has 0 aliphatic rings. The summed E-state index contributed by atoms with van der Waals surface area (Å²) in [5.74, 6) is -0.730. The van der Waals surface area contributed by atoms with Gasteiger partial charge in [0, 0.05) is 6.54 Å². The number of aliphatic hydroxyl groups excluding tert-OH is 1. The number of aliphatic hydroxyl groups is 1. The van der Waals surface area contributed by atoms with Crippen LogP contribution in [-0.4, -0.2) is 31.2 Å². The molecule has 90 valence electrons. The molecular weight excluding hydrogens is 235 g/mol. The molecule has 1 atom stereocenters. The molecule has 0 saturated carbocycles. The van der Waals surface area contributed by atoms with E-state index in [1.54, 1.807) is 0 Å². The van der Waals surface area contributed by atoms with Crippen LogP contribution in [0, 0.1) is 12.9 Å². The third-order valence-electron chi connectivity index (χ3n) is 1.89. The maximum absolute atomic E-state index is 12.7. The lowest BCUT2D eigenvalue weighted by Gasteiger charge is -2.09. The second-order valence-electron chi connectivity index (χ2n) is 3.47. The SMILES string of the molecule is Cc1cc(F)ncc1S(=O)(=O)NC[C@H](C)O.